The molecule has 10 heteroatoms. The summed E-state index contributed by atoms with van der Waals surface area (Å²) in [6.07, 6.45) is 10.2. The monoisotopic (exact) mass is 604 g/mol. The first kappa shape index (κ1) is 29.6. The lowest BCUT2D eigenvalue weighted by Gasteiger charge is -2.31. The summed E-state index contributed by atoms with van der Waals surface area (Å²) >= 11 is 6.31. The number of hydrogen-bond acceptors (Lipinski definition) is 6. The van der Waals surface area contributed by atoms with Crippen molar-refractivity contribution in [3.8, 4) is 11.3 Å². The van der Waals surface area contributed by atoms with Crippen molar-refractivity contribution in [1.82, 2.24) is 25.2 Å². The molecule has 2 saturated carbocycles. The molecule has 0 radical (unpaired) electrons. The number of rotatable bonds is 9. The smallest absolute Gasteiger partial charge is 0.242 e. The quantitative estimate of drug-likeness (QED) is 0.327. The summed E-state index contributed by atoms with van der Waals surface area (Å²) in [7, 11) is 0. The van der Waals surface area contributed by atoms with Crippen LogP contribution in [-0.4, -0.2) is 64.6 Å². The van der Waals surface area contributed by atoms with E-state index in [1.54, 1.807) is 0 Å². The van der Waals surface area contributed by atoms with Gasteiger partial charge in [0.05, 0.1) is 38.0 Å². The van der Waals surface area contributed by atoms with Gasteiger partial charge in [-0.05, 0) is 74.3 Å². The Labute approximate surface area is 258 Å². The van der Waals surface area contributed by atoms with Crippen LogP contribution in [0.4, 0.5) is 5.69 Å². The van der Waals surface area contributed by atoms with Gasteiger partial charge in [0.25, 0.3) is 0 Å². The van der Waals surface area contributed by atoms with Gasteiger partial charge in [0, 0.05) is 35.3 Å². The molecule has 228 valence electrons. The van der Waals surface area contributed by atoms with Crippen molar-refractivity contribution in [3.63, 3.8) is 0 Å². The topological polar surface area (TPSA) is 101 Å². The number of carbonyl (C=O) groups is 2. The van der Waals surface area contributed by atoms with E-state index in [0.717, 1.165) is 61.0 Å². The molecular weight excluding hydrogens is 564 g/mol. The van der Waals surface area contributed by atoms with E-state index in [4.69, 9.17) is 16.3 Å². The number of aromatic nitrogens is 3. The molecule has 2 aromatic carbocycles. The van der Waals surface area contributed by atoms with Crippen molar-refractivity contribution in [2.45, 2.75) is 63.5 Å². The molecule has 3 aliphatic rings. The van der Waals surface area contributed by atoms with E-state index >= 15 is 0 Å². The fourth-order valence-corrected chi connectivity index (χ4v) is 7.01. The van der Waals surface area contributed by atoms with Crippen molar-refractivity contribution in [2.24, 2.45) is 11.8 Å². The number of hydrogen-bond donors (Lipinski definition) is 2. The van der Waals surface area contributed by atoms with Crippen LogP contribution in [0.15, 0.2) is 54.7 Å². The van der Waals surface area contributed by atoms with E-state index in [9.17, 15) is 9.59 Å². The van der Waals surface area contributed by atoms with Gasteiger partial charge in [0.1, 0.15) is 5.69 Å². The van der Waals surface area contributed by atoms with Gasteiger partial charge in [-0.2, -0.15) is 0 Å². The number of halogens is 1. The maximum absolute atomic E-state index is 13.5. The Kier molecular flexibility index (Phi) is 9.58. The standard InChI is InChI=1S/C33H41ClN6O3/c34-27-9-3-8-26(19-27)32(23-5-1-2-6-23)36-33(42)24-11-13-29(14-12-24)40-22-30(37-38-40)25-7-4-10-28(20-25)35-21-31(41)39-15-17-43-18-16-39/h3-4,7-10,19-20,22-24,29,32,35H,1-2,5-6,11-18,21H2,(H,36,42). The number of nitrogens with zero attached hydrogens (tertiary/aromatic N) is 4. The molecule has 3 fully saturated rings. The number of ether oxygens (including phenoxy) is 1. The van der Waals surface area contributed by atoms with Crippen LogP contribution in [-0.2, 0) is 14.3 Å². The van der Waals surface area contributed by atoms with E-state index in [2.05, 4.69) is 27.0 Å². The van der Waals surface area contributed by atoms with E-state index < -0.39 is 0 Å². The zero-order chi connectivity index (χ0) is 29.6. The van der Waals surface area contributed by atoms with Crippen molar-refractivity contribution in [2.75, 3.05) is 38.2 Å². The van der Waals surface area contributed by atoms with Crippen LogP contribution < -0.4 is 10.6 Å². The van der Waals surface area contributed by atoms with E-state index in [1.807, 2.05) is 58.2 Å². The largest absolute Gasteiger partial charge is 0.378 e. The maximum Gasteiger partial charge on any atom is 0.242 e. The second-order valence-electron chi connectivity index (χ2n) is 12.1. The van der Waals surface area contributed by atoms with Gasteiger partial charge in [0.2, 0.25) is 11.8 Å². The van der Waals surface area contributed by atoms with Crippen LogP contribution >= 0.6 is 11.6 Å². The molecule has 2 aliphatic carbocycles. The highest BCUT2D eigenvalue weighted by Crippen LogP contribution is 2.38. The zero-order valence-electron chi connectivity index (χ0n) is 24.6. The predicted molar refractivity (Wildman–Crippen MR) is 167 cm³/mol. The number of benzene rings is 2. The lowest BCUT2D eigenvalue weighted by Crippen LogP contribution is -2.43. The highest BCUT2D eigenvalue weighted by Gasteiger charge is 2.33. The summed E-state index contributed by atoms with van der Waals surface area (Å²) < 4.78 is 7.29. The van der Waals surface area contributed by atoms with E-state index in [0.29, 0.717) is 37.2 Å². The lowest BCUT2D eigenvalue weighted by atomic mass is 9.84. The summed E-state index contributed by atoms with van der Waals surface area (Å²) in [5, 5.41) is 16.3. The molecule has 1 saturated heterocycles. The summed E-state index contributed by atoms with van der Waals surface area (Å²) in [4.78, 5) is 27.8. The van der Waals surface area contributed by atoms with Crippen molar-refractivity contribution >= 4 is 29.1 Å². The molecule has 0 spiro atoms. The molecule has 2 heterocycles. The molecule has 3 aromatic rings. The average molecular weight is 605 g/mol. The molecule has 2 amide bonds. The molecule has 9 nitrogen and oxygen atoms in total. The Balaban J connectivity index is 1.03. The Hall–Kier alpha value is -3.43. The van der Waals surface area contributed by atoms with Gasteiger partial charge in [-0.15, -0.1) is 5.10 Å². The van der Waals surface area contributed by atoms with Gasteiger partial charge >= 0.3 is 0 Å². The fourth-order valence-electron chi connectivity index (χ4n) is 6.82. The zero-order valence-corrected chi connectivity index (χ0v) is 25.3. The highest BCUT2D eigenvalue weighted by atomic mass is 35.5. The summed E-state index contributed by atoms with van der Waals surface area (Å²) in [5.74, 6) is 0.699. The molecular formula is C33H41ClN6O3. The molecule has 6 rings (SSSR count). The first-order chi connectivity index (χ1) is 21.0. The number of amides is 2. The van der Waals surface area contributed by atoms with Crippen molar-refractivity contribution < 1.29 is 14.3 Å². The van der Waals surface area contributed by atoms with E-state index in [-0.39, 0.29) is 36.4 Å². The van der Waals surface area contributed by atoms with Crippen LogP contribution in [0.2, 0.25) is 5.02 Å². The first-order valence-electron chi connectivity index (χ1n) is 15.7. The molecule has 1 aliphatic heterocycles. The lowest BCUT2D eigenvalue weighted by molar-refractivity contribution is -0.133. The number of nitrogens with one attached hydrogen (secondary N) is 2. The summed E-state index contributed by atoms with van der Waals surface area (Å²) in [5.41, 5.74) is 3.72. The van der Waals surface area contributed by atoms with Crippen molar-refractivity contribution in [3.05, 3.63) is 65.3 Å². The van der Waals surface area contributed by atoms with Gasteiger partial charge in [-0.3, -0.25) is 9.59 Å². The Morgan fingerprint density at radius 3 is 2.51 bits per heavy atom. The molecule has 1 unspecified atom stereocenters. The fraction of sp³-hybridized carbons (Fsp3) is 0.515. The minimum absolute atomic E-state index is 0.00487. The maximum atomic E-state index is 13.5. The minimum Gasteiger partial charge on any atom is -0.378 e. The van der Waals surface area contributed by atoms with Crippen LogP contribution in [0.3, 0.4) is 0 Å². The molecule has 0 bridgehead atoms. The van der Waals surface area contributed by atoms with Gasteiger partial charge < -0.3 is 20.3 Å². The van der Waals surface area contributed by atoms with Crippen molar-refractivity contribution in [1.29, 1.82) is 0 Å². The molecule has 1 aromatic heterocycles. The summed E-state index contributed by atoms with van der Waals surface area (Å²) in [6, 6.07) is 16.1. The number of morpholine rings is 1. The van der Waals surface area contributed by atoms with Crippen LogP contribution in [0, 0.1) is 11.8 Å². The second kappa shape index (κ2) is 13.9. The minimum atomic E-state index is 0.00487. The first-order valence-corrected chi connectivity index (χ1v) is 16.1. The summed E-state index contributed by atoms with van der Waals surface area (Å²) in [6.45, 7) is 2.71. The predicted octanol–water partition coefficient (Wildman–Crippen LogP) is 5.65. The van der Waals surface area contributed by atoms with Crippen LogP contribution in [0.25, 0.3) is 11.3 Å². The van der Waals surface area contributed by atoms with Crippen LogP contribution in [0.1, 0.15) is 69.0 Å². The molecule has 43 heavy (non-hydrogen) atoms. The SMILES string of the molecule is O=C(NC(c1cccc(Cl)c1)C1CCCC1)C1CCC(n2cc(-c3cccc(NCC(=O)N4CCOCC4)c3)nn2)CC1. The second-order valence-corrected chi connectivity index (χ2v) is 12.5. The molecule has 2 N–H and O–H groups in total. The number of anilines is 1. The van der Waals surface area contributed by atoms with E-state index in [1.165, 1.54) is 12.8 Å². The van der Waals surface area contributed by atoms with Gasteiger partial charge in [0.15, 0.2) is 0 Å². The Bertz CT molecular complexity index is 1390. The molecule has 1 atom stereocenters. The van der Waals surface area contributed by atoms with Crippen LogP contribution in [0.5, 0.6) is 0 Å². The van der Waals surface area contributed by atoms with Gasteiger partial charge in [-0.25, -0.2) is 4.68 Å². The normalized spacial score (nSPS) is 21.8. The third-order valence-electron chi connectivity index (χ3n) is 9.29. The highest BCUT2D eigenvalue weighted by molar-refractivity contribution is 6.30. The third kappa shape index (κ3) is 7.39. The Morgan fingerprint density at radius 2 is 1.74 bits per heavy atom. The third-order valence-corrected chi connectivity index (χ3v) is 9.53. The Morgan fingerprint density at radius 1 is 0.977 bits per heavy atom. The average Bonchev–Trinajstić information content (AvgIpc) is 3.77. The van der Waals surface area contributed by atoms with Gasteiger partial charge in [-0.1, -0.05) is 53.9 Å². The number of carbonyl (C=O) groups excluding carboxylic acids is 2.